The molecule has 2 heterocycles. The van der Waals surface area contributed by atoms with E-state index in [2.05, 4.69) is 52.3 Å². The number of rotatable bonds is 2. The Morgan fingerprint density at radius 2 is 1.80 bits per heavy atom. The highest BCUT2D eigenvalue weighted by Gasteiger charge is 2.01. The van der Waals surface area contributed by atoms with Gasteiger partial charge < -0.3 is 0 Å². The molecule has 2 aromatic rings. The third-order valence-corrected chi connectivity index (χ3v) is 2.69. The second-order valence-electron chi connectivity index (χ2n) is 3.42. The fourth-order valence-electron chi connectivity index (χ4n) is 1.40. The lowest BCUT2D eigenvalue weighted by atomic mass is 10.5. The summed E-state index contributed by atoms with van der Waals surface area (Å²) < 4.78 is 2.99. The molecule has 0 saturated carbocycles. The number of pyridine rings is 1. The van der Waals surface area contributed by atoms with Gasteiger partial charge in [-0.15, -0.1) is 0 Å². The number of aryl methyl sites for hydroxylation is 2. The zero-order valence-electron chi connectivity index (χ0n) is 8.66. The normalized spacial score (nSPS) is 10.3. The molecule has 0 aliphatic rings. The maximum atomic E-state index is 4.26. The molecule has 2 rings (SSSR count). The first kappa shape index (κ1) is 10.2. The van der Waals surface area contributed by atoms with Crippen LogP contribution in [0.2, 0.25) is 0 Å². The summed E-state index contributed by atoms with van der Waals surface area (Å²) in [5, 5.41) is 0. The largest absolute Gasteiger partial charge is 0.278 e. The van der Waals surface area contributed by atoms with E-state index in [0.717, 1.165) is 21.7 Å². The van der Waals surface area contributed by atoms with E-state index >= 15 is 0 Å². The van der Waals surface area contributed by atoms with Gasteiger partial charge in [0, 0.05) is 22.1 Å². The van der Waals surface area contributed by atoms with Crippen LogP contribution in [0, 0.1) is 13.8 Å². The molecule has 1 N–H and O–H groups in total. The Labute approximate surface area is 97.2 Å². The Morgan fingerprint density at radius 1 is 1.13 bits per heavy atom. The van der Waals surface area contributed by atoms with Crippen molar-refractivity contribution >= 4 is 21.7 Å². The smallest absolute Gasteiger partial charge is 0.144 e. The average Bonchev–Trinajstić information content (AvgIpc) is 2.53. The first-order valence-electron chi connectivity index (χ1n) is 4.70. The maximum absolute atomic E-state index is 4.26. The minimum absolute atomic E-state index is 0.834. The van der Waals surface area contributed by atoms with Crippen LogP contribution in [0.3, 0.4) is 0 Å². The fraction of sp³-hybridized carbons (Fsp3) is 0.182. The summed E-state index contributed by atoms with van der Waals surface area (Å²) in [6.45, 7) is 4.11. The number of nitrogens with zero attached hydrogens (tertiary/aromatic N) is 2. The highest BCUT2D eigenvalue weighted by Crippen LogP contribution is 2.12. The van der Waals surface area contributed by atoms with E-state index in [1.165, 1.54) is 0 Å². The van der Waals surface area contributed by atoms with Crippen LogP contribution in [0.25, 0.3) is 0 Å². The van der Waals surface area contributed by atoms with E-state index < -0.39 is 0 Å². The van der Waals surface area contributed by atoms with Crippen molar-refractivity contribution in [3.8, 4) is 0 Å². The van der Waals surface area contributed by atoms with E-state index in [0.29, 0.717) is 0 Å². The molecule has 3 nitrogen and oxygen atoms in total. The van der Waals surface area contributed by atoms with Crippen LogP contribution in [-0.4, -0.2) is 9.66 Å². The van der Waals surface area contributed by atoms with Gasteiger partial charge in [-0.25, -0.2) is 4.98 Å². The Balaban J connectivity index is 2.25. The van der Waals surface area contributed by atoms with Crippen LogP contribution in [-0.2, 0) is 0 Å². The van der Waals surface area contributed by atoms with Crippen molar-refractivity contribution in [3.05, 3.63) is 46.3 Å². The molecule has 15 heavy (non-hydrogen) atoms. The van der Waals surface area contributed by atoms with Crippen molar-refractivity contribution in [2.75, 3.05) is 5.43 Å². The van der Waals surface area contributed by atoms with Crippen LogP contribution in [0.15, 0.2) is 34.9 Å². The third-order valence-electron chi connectivity index (χ3n) is 2.22. The van der Waals surface area contributed by atoms with Gasteiger partial charge in [-0.05, 0) is 54.0 Å². The molecule has 0 saturated heterocycles. The summed E-state index contributed by atoms with van der Waals surface area (Å²) in [6, 6.07) is 8.04. The molecule has 0 atom stereocenters. The number of halogens is 1. The van der Waals surface area contributed by atoms with E-state index in [-0.39, 0.29) is 0 Å². The predicted octanol–water partition coefficient (Wildman–Crippen LogP) is 3.14. The Kier molecular flexibility index (Phi) is 2.77. The van der Waals surface area contributed by atoms with Crippen LogP contribution < -0.4 is 5.43 Å². The maximum Gasteiger partial charge on any atom is 0.144 e. The summed E-state index contributed by atoms with van der Waals surface area (Å²) in [7, 11) is 0. The average molecular weight is 266 g/mol. The number of aromatic nitrogens is 2. The Morgan fingerprint density at radius 3 is 2.33 bits per heavy atom. The second-order valence-corrected chi connectivity index (χ2v) is 4.34. The summed E-state index contributed by atoms with van der Waals surface area (Å²) in [5.41, 5.74) is 5.56. The monoisotopic (exact) mass is 265 g/mol. The molecule has 0 aliphatic carbocycles. The van der Waals surface area contributed by atoms with E-state index in [9.17, 15) is 0 Å². The zero-order valence-corrected chi connectivity index (χ0v) is 10.2. The molecule has 0 amide bonds. The molecular weight excluding hydrogens is 254 g/mol. The molecule has 0 spiro atoms. The molecular formula is C11H12BrN3. The lowest BCUT2D eigenvalue weighted by Crippen LogP contribution is -2.12. The number of hydrogen-bond acceptors (Lipinski definition) is 2. The SMILES string of the molecule is Cc1ccc(C)n1Nc1ccc(Br)cn1. The Bertz CT molecular complexity index is 440. The molecule has 0 bridgehead atoms. The topological polar surface area (TPSA) is 29.9 Å². The first-order valence-corrected chi connectivity index (χ1v) is 5.49. The second kappa shape index (κ2) is 4.06. The van der Waals surface area contributed by atoms with E-state index in [4.69, 9.17) is 0 Å². The van der Waals surface area contributed by atoms with Gasteiger partial charge in [0.1, 0.15) is 5.82 Å². The van der Waals surface area contributed by atoms with Crippen LogP contribution >= 0.6 is 15.9 Å². The van der Waals surface area contributed by atoms with Gasteiger partial charge in [-0.3, -0.25) is 10.1 Å². The lowest BCUT2D eigenvalue weighted by Gasteiger charge is -2.11. The predicted molar refractivity (Wildman–Crippen MR) is 64.9 cm³/mol. The van der Waals surface area contributed by atoms with Gasteiger partial charge in [-0.1, -0.05) is 0 Å². The minimum Gasteiger partial charge on any atom is -0.278 e. The molecule has 0 aromatic carbocycles. The third kappa shape index (κ3) is 2.21. The summed E-state index contributed by atoms with van der Waals surface area (Å²) >= 11 is 3.36. The van der Waals surface area contributed by atoms with E-state index in [1.54, 1.807) is 6.20 Å². The van der Waals surface area contributed by atoms with Crippen molar-refractivity contribution in [2.24, 2.45) is 0 Å². The van der Waals surface area contributed by atoms with Crippen molar-refractivity contribution in [1.82, 2.24) is 9.66 Å². The number of nitrogens with one attached hydrogen (secondary N) is 1. The molecule has 0 unspecified atom stereocenters. The summed E-state index contributed by atoms with van der Waals surface area (Å²) in [5.74, 6) is 0.834. The van der Waals surface area contributed by atoms with Gasteiger partial charge in [0.25, 0.3) is 0 Å². The van der Waals surface area contributed by atoms with Gasteiger partial charge in [-0.2, -0.15) is 0 Å². The molecule has 78 valence electrons. The van der Waals surface area contributed by atoms with Crippen LogP contribution in [0.4, 0.5) is 5.82 Å². The molecule has 0 radical (unpaired) electrons. The van der Waals surface area contributed by atoms with Crippen molar-refractivity contribution in [1.29, 1.82) is 0 Å². The first-order chi connectivity index (χ1) is 7.16. The molecule has 4 heteroatoms. The lowest BCUT2D eigenvalue weighted by molar-refractivity contribution is 0.871. The highest BCUT2D eigenvalue weighted by atomic mass is 79.9. The highest BCUT2D eigenvalue weighted by molar-refractivity contribution is 9.10. The zero-order chi connectivity index (χ0) is 10.8. The quantitative estimate of drug-likeness (QED) is 0.904. The fourth-order valence-corrected chi connectivity index (χ4v) is 1.64. The van der Waals surface area contributed by atoms with Gasteiger partial charge >= 0.3 is 0 Å². The summed E-state index contributed by atoms with van der Waals surface area (Å²) in [6.07, 6.45) is 1.77. The van der Waals surface area contributed by atoms with Crippen LogP contribution in [0.5, 0.6) is 0 Å². The van der Waals surface area contributed by atoms with E-state index in [1.807, 2.05) is 16.8 Å². The van der Waals surface area contributed by atoms with Crippen molar-refractivity contribution in [3.63, 3.8) is 0 Å². The molecule has 0 aliphatic heterocycles. The molecule has 2 aromatic heterocycles. The standard InChI is InChI=1S/C11H12BrN3/c1-8-3-4-9(2)15(8)14-11-6-5-10(12)7-13-11/h3-7H,1-2H3,(H,13,14). The van der Waals surface area contributed by atoms with Crippen molar-refractivity contribution in [2.45, 2.75) is 13.8 Å². The number of hydrogen-bond donors (Lipinski definition) is 1. The van der Waals surface area contributed by atoms with Gasteiger partial charge in [0.2, 0.25) is 0 Å². The van der Waals surface area contributed by atoms with Gasteiger partial charge in [0.15, 0.2) is 0 Å². The Hall–Kier alpha value is -1.29. The number of anilines is 1. The minimum atomic E-state index is 0.834. The summed E-state index contributed by atoms with van der Waals surface area (Å²) in [4.78, 5) is 4.26. The van der Waals surface area contributed by atoms with Crippen LogP contribution in [0.1, 0.15) is 11.4 Å². The molecule has 0 fully saturated rings. The van der Waals surface area contributed by atoms with Gasteiger partial charge in [0.05, 0.1) is 0 Å². The van der Waals surface area contributed by atoms with Crippen molar-refractivity contribution < 1.29 is 0 Å².